The van der Waals surface area contributed by atoms with E-state index in [0.717, 1.165) is 12.2 Å². The van der Waals surface area contributed by atoms with Crippen LogP contribution in [0.5, 0.6) is 0 Å². The van der Waals surface area contributed by atoms with Crippen molar-refractivity contribution in [2.75, 3.05) is 7.05 Å². The number of hydrogen-bond acceptors (Lipinski definition) is 3. The van der Waals surface area contributed by atoms with Gasteiger partial charge in [-0.1, -0.05) is 24.3 Å². The lowest BCUT2D eigenvalue weighted by Crippen LogP contribution is -2.04. The second kappa shape index (κ2) is 4.55. The second-order valence-electron chi connectivity index (χ2n) is 3.49. The lowest BCUT2D eigenvalue weighted by Gasteiger charge is -2.02. The third-order valence-corrected chi connectivity index (χ3v) is 3.32. The Morgan fingerprint density at radius 3 is 2.53 bits per heavy atom. The summed E-state index contributed by atoms with van der Waals surface area (Å²) in [6, 6.07) is 8.64. The van der Waals surface area contributed by atoms with Crippen molar-refractivity contribution in [3.05, 3.63) is 41.0 Å². The molecule has 0 aliphatic heterocycles. The summed E-state index contributed by atoms with van der Waals surface area (Å²) < 4.78 is 0. The van der Waals surface area contributed by atoms with Gasteiger partial charge in [-0.2, -0.15) is 0 Å². The molecule has 3 heteroatoms. The highest BCUT2D eigenvalue weighted by Gasteiger charge is 2.03. The van der Waals surface area contributed by atoms with Crippen LogP contribution in [-0.2, 0) is 6.54 Å². The van der Waals surface area contributed by atoms with E-state index in [1.807, 2.05) is 19.5 Å². The van der Waals surface area contributed by atoms with Gasteiger partial charge in [0.2, 0.25) is 0 Å². The first-order valence-corrected chi connectivity index (χ1v) is 5.83. The van der Waals surface area contributed by atoms with Crippen molar-refractivity contribution < 1.29 is 0 Å². The number of aromatic nitrogens is 1. The third kappa shape index (κ3) is 2.25. The Kier molecular flexibility index (Phi) is 3.14. The molecular weight excluding hydrogens is 204 g/mol. The lowest BCUT2D eigenvalue weighted by molar-refractivity contribution is 0.818. The van der Waals surface area contributed by atoms with Gasteiger partial charge in [-0.3, -0.25) is 0 Å². The highest BCUT2D eigenvalue weighted by atomic mass is 32.1. The van der Waals surface area contributed by atoms with Crippen LogP contribution in [0.3, 0.4) is 0 Å². The van der Waals surface area contributed by atoms with E-state index < -0.39 is 0 Å². The van der Waals surface area contributed by atoms with Crippen molar-refractivity contribution in [1.29, 1.82) is 0 Å². The Hall–Kier alpha value is -1.19. The third-order valence-electron chi connectivity index (χ3n) is 2.34. The van der Waals surface area contributed by atoms with Gasteiger partial charge in [0.15, 0.2) is 0 Å². The number of nitrogens with zero attached hydrogens (tertiary/aromatic N) is 1. The van der Waals surface area contributed by atoms with Crippen molar-refractivity contribution >= 4 is 11.3 Å². The zero-order chi connectivity index (χ0) is 10.7. The molecule has 0 saturated heterocycles. The van der Waals surface area contributed by atoms with E-state index in [2.05, 4.69) is 34.6 Å². The van der Waals surface area contributed by atoms with Crippen LogP contribution < -0.4 is 5.32 Å². The Morgan fingerprint density at radius 2 is 2.00 bits per heavy atom. The van der Waals surface area contributed by atoms with E-state index in [1.165, 1.54) is 16.0 Å². The summed E-state index contributed by atoms with van der Waals surface area (Å²) in [4.78, 5) is 5.53. The van der Waals surface area contributed by atoms with Crippen LogP contribution in [0.15, 0.2) is 29.8 Å². The summed E-state index contributed by atoms with van der Waals surface area (Å²) in [5, 5.41) is 3.14. The fourth-order valence-corrected chi connectivity index (χ4v) is 2.37. The smallest absolute Gasteiger partial charge is 0.0801 e. The SMILES string of the molecule is CNCc1ccc(-c2scnc2C)cc1. The molecule has 1 aromatic carbocycles. The number of hydrogen-bond donors (Lipinski definition) is 1. The zero-order valence-electron chi connectivity index (χ0n) is 8.95. The minimum atomic E-state index is 0.919. The lowest BCUT2D eigenvalue weighted by atomic mass is 10.1. The molecule has 0 amide bonds. The summed E-state index contributed by atoms with van der Waals surface area (Å²) in [5.74, 6) is 0. The molecule has 1 aromatic heterocycles. The van der Waals surface area contributed by atoms with Crippen LogP contribution in [-0.4, -0.2) is 12.0 Å². The highest BCUT2D eigenvalue weighted by molar-refractivity contribution is 7.13. The van der Waals surface area contributed by atoms with E-state index in [-0.39, 0.29) is 0 Å². The van der Waals surface area contributed by atoms with Gasteiger partial charge < -0.3 is 5.32 Å². The molecule has 0 atom stereocenters. The number of rotatable bonds is 3. The van der Waals surface area contributed by atoms with Crippen molar-refractivity contribution in [2.24, 2.45) is 0 Å². The molecule has 2 nitrogen and oxygen atoms in total. The average Bonchev–Trinajstić information content (AvgIpc) is 2.66. The highest BCUT2D eigenvalue weighted by Crippen LogP contribution is 2.26. The minimum Gasteiger partial charge on any atom is -0.316 e. The van der Waals surface area contributed by atoms with Gasteiger partial charge in [0.1, 0.15) is 0 Å². The van der Waals surface area contributed by atoms with Crippen molar-refractivity contribution in [3.63, 3.8) is 0 Å². The van der Waals surface area contributed by atoms with Gasteiger partial charge in [-0.05, 0) is 25.1 Å². The standard InChI is InChI=1S/C12H14N2S/c1-9-12(15-8-14-9)11-5-3-10(4-6-11)7-13-2/h3-6,8,13H,7H2,1-2H3. The molecule has 0 saturated carbocycles. The van der Waals surface area contributed by atoms with Gasteiger partial charge in [-0.15, -0.1) is 11.3 Å². The Bertz CT molecular complexity index is 431. The van der Waals surface area contributed by atoms with Crippen molar-refractivity contribution in [2.45, 2.75) is 13.5 Å². The van der Waals surface area contributed by atoms with Crippen LogP contribution in [0, 0.1) is 6.92 Å². The molecule has 2 rings (SSSR count). The van der Waals surface area contributed by atoms with E-state index in [9.17, 15) is 0 Å². The van der Waals surface area contributed by atoms with Gasteiger partial charge in [0.25, 0.3) is 0 Å². The molecule has 0 unspecified atom stereocenters. The van der Waals surface area contributed by atoms with Gasteiger partial charge in [-0.25, -0.2) is 4.98 Å². The van der Waals surface area contributed by atoms with Crippen molar-refractivity contribution in [1.82, 2.24) is 10.3 Å². The second-order valence-corrected chi connectivity index (χ2v) is 4.35. The molecule has 1 heterocycles. The summed E-state index contributed by atoms with van der Waals surface area (Å²) >= 11 is 1.70. The first kappa shape index (κ1) is 10.3. The molecule has 15 heavy (non-hydrogen) atoms. The number of benzene rings is 1. The van der Waals surface area contributed by atoms with Crippen LogP contribution in [0.1, 0.15) is 11.3 Å². The Labute approximate surface area is 94.0 Å². The normalized spacial score (nSPS) is 10.5. The van der Waals surface area contributed by atoms with E-state index in [4.69, 9.17) is 0 Å². The predicted molar refractivity (Wildman–Crippen MR) is 65.1 cm³/mol. The molecule has 0 fully saturated rings. The van der Waals surface area contributed by atoms with Crippen LogP contribution in [0.25, 0.3) is 10.4 Å². The Morgan fingerprint density at radius 1 is 1.27 bits per heavy atom. The Balaban J connectivity index is 2.28. The quantitative estimate of drug-likeness (QED) is 0.857. The van der Waals surface area contributed by atoms with E-state index in [0.29, 0.717) is 0 Å². The molecular formula is C12H14N2S. The molecule has 1 N–H and O–H groups in total. The molecule has 0 aliphatic rings. The molecule has 0 radical (unpaired) electrons. The van der Waals surface area contributed by atoms with Crippen LogP contribution >= 0.6 is 11.3 Å². The summed E-state index contributed by atoms with van der Waals surface area (Å²) in [7, 11) is 1.96. The molecule has 0 bridgehead atoms. The van der Waals surface area contributed by atoms with Crippen molar-refractivity contribution in [3.8, 4) is 10.4 Å². The zero-order valence-corrected chi connectivity index (χ0v) is 9.77. The molecule has 0 spiro atoms. The summed E-state index contributed by atoms with van der Waals surface area (Å²) in [6.07, 6.45) is 0. The number of nitrogens with one attached hydrogen (secondary N) is 1. The summed E-state index contributed by atoms with van der Waals surface area (Å²) in [5.41, 5.74) is 5.58. The fraction of sp³-hybridized carbons (Fsp3) is 0.250. The predicted octanol–water partition coefficient (Wildman–Crippen LogP) is 2.84. The van der Waals surface area contributed by atoms with Gasteiger partial charge >= 0.3 is 0 Å². The van der Waals surface area contributed by atoms with E-state index in [1.54, 1.807) is 11.3 Å². The largest absolute Gasteiger partial charge is 0.316 e. The minimum absolute atomic E-state index is 0.919. The average molecular weight is 218 g/mol. The maximum Gasteiger partial charge on any atom is 0.0801 e. The maximum atomic E-state index is 4.26. The first-order valence-electron chi connectivity index (χ1n) is 4.95. The molecule has 78 valence electrons. The van der Waals surface area contributed by atoms with Crippen LogP contribution in [0.2, 0.25) is 0 Å². The number of thiazole rings is 1. The molecule has 2 aromatic rings. The topological polar surface area (TPSA) is 24.9 Å². The monoisotopic (exact) mass is 218 g/mol. The fourth-order valence-electron chi connectivity index (χ4n) is 1.56. The van der Waals surface area contributed by atoms with Gasteiger partial charge in [0.05, 0.1) is 16.1 Å². The first-order chi connectivity index (χ1) is 7.31. The van der Waals surface area contributed by atoms with E-state index >= 15 is 0 Å². The summed E-state index contributed by atoms with van der Waals surface area (Å²) in [6.45, 7) is 2.97. The molecule has 0 aliphatic carbocycles. The maximum absolute atomic E-state index is 4.26. The number of aryl methyl sites for hydroxylation is 1. The van der Waals surface area contributed by atoms with Crippen LogP contribution in [0.4, 0.5) is 0 Å². The van der Waals surface area contributed by atoms with Gasteiger partial charge in [0, 0.05) is 6.54 Å².